The summed E-state index contributed by atoms with van der Waals surface area (Å²) in [5.41, 5.74) is 1.22. The number of aryl methyl sites for hydroxylation is 1. The summed E-state index contributed by atoms with van der Waals surface area (Å²) < 4.78 is 14.5. The summed E-state index contributed by atoms with van der Waals surface area (Å²) in [7, 11) is 2.07. The van der Waals surface area contributed by atoms with Gasteiger partial charge in [0, 0.05) is 24.2 Å². The Morgan fingerprint density at radius 3 is 2.87 bits per heavy atom. The highest BCUT2D eigenvalue weighted by molar-refractivity contribution is 5.71. The maximum atomic E-state index is 14.5. The lowest BCUT2D eigenvalue weighted by Crippen LogP contribution is -2.39. The van der Waals surface area contributed by atoms with Crippen molar-refractivity contribution < 1.29 is 9.50 Å². The molecule has 0 amide bonds. The molecule has 0 bridgehead atoms. The zero-order valence-electron chi connectivity index (χ0n) is 13.4. The molecule has 2 heterocycles. The number of anilines is 1. The van der Waals surface area contributed by atoms with Gasteiger partial charge in [-0.25, -0.2) is 4.39 Å². The van der Waals surface area contributed by atoms with Crippen LogP contribution < -0.4 is 5.32 Å². The average molecular weight is 316 g/mol. The summed E-state index contributed by atoms with van der Waals surface area (Å²) in [6.45, 7) is 3.80. The van der Waals surface area contributed by atoms with Gasteiger partial charge in [0.2, 0.25) is 0 Å². The molecule has 0 unspecified atom stereocenters. The van der Waals surface area contributed by atoms with Crippen molar-refractivity contribution in [2.24, 2.45) is 0 Å². The van der Waals surface area contributed by atoms with Crippen molar-refractivity contribution in [2.45, 2.75) is 25.8 Å². The lowest BCUT2D eigenvalue weighted by Gasteiger charge is -2.30. The van der Waals surface area contributed by atoms with E-state index in [9.17, 15) is 9.50 Å². The van der Waals surface area contributed by atoms with Crippen molar-refractivity contribution in [1.29, 1.82) is 0 Å². The zero-order chi connectivity index (χ0) is 16.4. The van der Waals surface area contributed by atoms with Crippen LogP contribution in [0.1, 0.15) is 18.4 Å². The first-order chi connectivity index (χ1) is 11.0. The van der Waals surface area contributed by atoms with Gasteiger partial charge in [-0.05, 0) is 45.0 Å². The normalized spacial score (nSPS) is 18.8. The summed E-state index contributed by atoms with van der Waals surface area (Å²) in [5.74, 6) is -0.0521. The highest BCUT2D eigenvalue weighted by atomic mass is 19.1. The molecule has 1 aromatic heterocycles. The molecule has 0 saturated carbocycles. The van der Waals surface area contributed by atoms with Gasteiger partial charge in [-0.1, -0.05) is 12.1 Å². The fourth-order valence-corrected chi connectivity index (χ4v) is 3.06. The standard InChI is InChI=1S/C17H21FN4O/c1-11-5-3-7-14(23)16(11)17-13(18)9-15(20-21-17)19-12-6-4-8-22(2)10-12/h3,5,7,9,12,23H,4,6,8,10H2,1-2H3,(H,19,20)/t12-/m1/s1. The Labute approximate surface area is 135 Å². The Hall–Kier alpha value is -2.21. The molecule has 0 spiro atoms. The lowest BCUT2D eigenvalue weighted by molar-refractivity contribution is 0.260. The monoisotopic (exact) mass is 316 g/mol. The molecule has 2 aromatic rings. The van der Waals surface area contributed by atoms with E-state index in [2.05, 4.69) is 27.5 Å². The number of nitrogens with zero attached hydrogens (tertiary/aromatic N) is 3. The molecule has 1 saturated heterocycles. The second kappa shape index (κ2) is 6.50. The number of benzene rings is 1. The van der Waals surface area contributed by atoms with E-state index in [4.69, 9.17) is 0 Å². The predicted octanol–water partition coefficient (Wildman–Crippen LogP) is 2.80. The first kappa shape index (κ1) is 15.7. The van der Waals surface area contributed by atoms with E-state index in [0.717, 1.165) is 31.5 Å². The molecule has 1 fully saturated rings. The number of rotatable bonds is 3. The minimum atomic E-state index is -0.490. The summed E-state index contributed by atoms with van der Waals surface area (Å²) >= 11 is 0. The van der Waals surface area contributed by atoms with Crippen molar-refractivity contribution in [1.82, 2.24) is 15.1 Å². The SMILES string of the molecule is Cc1cccc(O)c1-c1nnc(N[C@@H]2CCCN(C)C2)cc1F. The number of nitrogens with one attached hydrogen (secondary N) is 1. The number of likely N-dealkylation sites (tertiary alicyclic amines) is 1. The Balaban J connectivity index is 1.83. The van der Waals surface area contributed by atoms with Crippen LogP contribution in [0, 0.1) is 12.7 Å². The van der Waals surface area contributed by atoms with Gasteiger partial charge >= 0.3 is 0 Å². The molecule has 1 aromatic carbocycles. The van der Waals surface area contributed by atoms with E-state index in [-0.39, 0.29) is 17.5 Å². The Morgan fingerprint density at radius 1 is 1.35 bits per heavy atom. The van der Waals surface area contributed by atoms with E-state index < -0.39 is 5.82 Å². The van der Waals surface area contributed by atoms with Gasteiger partial charge in [0.15, 0.2) is 11.6 Å². The van der Waals surface area contributed by atoms with Crippen LogP contribution in [0.2, 0.25) is 0 Å². The van der Waals surface area contributed by atoms with E-state index in [1.807, 2.05) is 0 Å². The van der Waals surface area contributed by atoms with Crippen LogP contribution in [-0.2, 0) is 0 Å². The number of phenols is 1. The third-order valence-corrected chi connectivity index (χ3v) is 4.21. The smallest absolute Gasteiger partial charge is 0.155 e. The van der Waals surface area contributed by atoms with Crippen LogP contribution in [0.15, 0.2) is 24.3 Å². The summed E-state index contributed by atoms with van der Waals surface area (Å²) in [4.78, 5) is 2.24. The minimum absolute atomic E-state index is 0.00724. The molecule has 0 radical (unpaired) electrons. The van der Waals surface area contributed by atoms with Gasteiger partial charge in [0.1, 0.15) is 11.4 Å². The molecule has 2 N–H and O–H groups in total. The van der Waals surface area contributed by atoms with Crippen LogP contribution in [0.4, 0.5) is 10.2 Å². The molecule has 0 aliphatic carbocycles. The molecular formula is C17H21FN4O. The number of likely N-dealkylation sites (N-methyl/N-ethyl adjacent to an activating group) is 1. The molecule has 23 heavy (non-hydrogen) atoms. The highest BCUT2D eigenvalue weighted by Gasteiger charge is 2.19. The lowest BCUT2D eigenvalue weighted by atomic mass is 10.0. The molecular weight excluding hydrogens is 295 g/mol. The fraction of sp³-hybridized carbons (Fsp3) is 0.412. The van der Waals surface area contributed by atoms with Crippen LogP contribution in [-0.4, -0.2) is 46.4 Å². The van der Waals surface area contributed by atoms with Crippen molar-refractivity contribution in [2.75, 3.05) is 25.5 Å². The van der Waals surface area contributed by atoms with Gasteiger partial charge < -0.3 is 15.3 Å². The van der Waals surface area contributed by atoms with Crippen LogP contribution >= 0.6 is 0 Å². The van der Waals surface area contributed by atoms with Crippen LogP contribution in [0.3, 0.4) is 0 Å². The number of phenolic OH excluding ortho intramolecular Hbond substituents is 1. The van der Waals surface area contributed by atoms with Gasteiger partial charge in [-0.15, -0.1) is 10.2 Å². The Bertz CT molecular complexity index is 687. The van der Waals surface area contributed by atoms with Gasteiger partial charge in [-0.2, -0.15) is 0 Å². The minimum Gasteiger partial charge on any atom is -0.507 e. The topological polar surface area (TPSA) is 61.3 Å². The largest absolute Gasteiger partial charge is 0.507 e. The fourth-order valence-electron chi connectivity index (χ4n) is 3.06. The summed E-state index contributed by atoms with van der Waals surface area (Å²) in [6.07, 6.45) is 2.15. The van der Waals surface area contributed by atoms with Crippen molar-refractivity contribution in [3.05, 3.63) is 35.6 Å². The van der Waals surface area contributed by atoms with E-state index in [1.165, 1.54) is 12.1 Å². The summed E-state index contributed by atoms with van der Waals surface area (Å²) in [6, 6.07) is 6.64. The maximum Gasteiger partial charge on any atom is 0.155 e. The Morgan fingerprint density at radius 2 is 2.17 bits per heavy atom. The number of aromatic hydroxyl groups is 1. The van der Waals surface area contributed by atoms with E-state index >= 15 is 0 Å². The first-order valence-electron chi connectivity index (χ1n) is 7.82. The third kappa shape index (κ3) is 3.42. The average Bonchev–Trinajstić information content (AvgIpc) is 2.49. The van der Waals surface area contributed by atoms with Gasteiger partial charge in [0.25, 0.3) is 0 Å². The molecule has 1 aliphatic rings. The Kier molecular flexibility index (Phi) is 4.43. The zero-order valence-corrected chi connectivity index (χ0v) is 13.4. The molecule has 3 rings (SSSR count). The number of piperidine rings is 1. The van der Waals surface area contributed by atoms with Crippen molar-refractivity contribution in [3.8, 4) is 17.0 Å². The highest BCUT2D eigenvalue weighted by Crippen LogP contribution is 2.32. The van der Waals surface area contributed by atoms with E-state index in [1.54, 1.807) is 19.1 Å². The number of hydrogen-bond donors (Lipinski definition) is 2. The number of halogens is 1. The summed E-state index contributed by atoms with van der Waals surface area (Å²) in [5, 5.41) is 21.3. The second-order valence-electron chi connectivity index (χ2n) is 6.14. The van der Waals surface area contributed by atoms with Gasteiger partial charge in [-0.3, -0.25) is 0 Å². The molecule has 1 atom stereocenters. The number of aromatic nitrogens is 2. The number of hydrogen-bond acceptors (Lipinski definition) is 5. The van der Waals surface area contributed by atoms with Crippen LogP contribution in [0.25, 0.3) is 11.3 Å². The molecule has 5 nitrogen and oxygen atoms in total. The van der Waals surface area contributed by atoms with Crippen LogP contribution in [0.5, 0.6) is 5.75 Å². The first-order valence-corrected chi connectivity index (χ1v) is 7.82. The van der Waals surface area contributed by atoms with E-state index in [0.29, 0.717) is 11.4 Å². The molecule has 122 valence electrons. The third-order valence-electron chi connectivity index (χ3n) is 4.21. The van der Waals surface area contributed by atoms with Crippen molar-refractivity contribution >= 4 is 5.82 Å². The molecule has 6 heteroatoms. The quantitative estimate of drug-likeness (QED) is 0.912. The second-order valence-corrected chi connectivity index (χ2v) is 6.14. The van der Waals surface area contributed by atoms with Crippen molar-refractivity contribution in [3.63, 3.8) is 0 Å². The predicted molar refractivity (Wildman–Crippen MR) is 88.0 cm³/mol. The maximum absolute atomic E-state index is 14.5. The van der Waals surface area contributed by atoms with Gasteiger partial charge in [0.05, 0.1) is 0 Å². The molecule has 1 aliphatic heterocycles.